The van der Waals surface area contributed by atoms with Gasteiger partial charge in [0.15, 0.2) is 5.54 Å². The number of imidazole rings is 1. The van der Waals surface area contributed by atoms with Crippen molar-refractivity contribution in [2.24, 2.45) is 0 Å². The predicted molar refractivity (Wildman–Crippen MR) is 81.9 cm³/mol. The standard InChI is InChI=1S/C15H28N4O3/c1-15(14(21)22,9-12-10-16-11-17-12)19(5,6)13(20)7-8-18(2,3)4/h5,10-11,14,21-22H,7-9H2,1-4,6H3,(H,16,17)/q+2. The van der Waals surface area contributed by atoms with Crippen LogP contribution in [0.3, 0.4) is 0 Å². The zero-order chi connectivity index (χ0) is 17.2. The van der Waals surface area contributed by atoms with Gasteiger partial charge >= 0.3 is 5.91 Å². The van der Waals surface area contributed by atoms with Crippen LogP contribution in [0.2, 0.25) is 0 Å². The molecule has 7 nitrogen and oxygen atoms in total. The molecule has 7 heteroatoms. The van der Waals surface area contributed by atoms with Crippen LogP contribution < -0.4 is 0 Å². The highest BCUT2D eigenvalue weighted by atomic mass is 16.5. The Morgan fingerprint density at radius 3 is 2.41 bits per heavy atom. The van der Waals surface area contributed by atoms with Crippen molar-refractivity contribution in [1.82, 2.24) is 9.97 Å². The number of aromatic amines is 1. The summed E-state index contributed by atoms with van der Waals surface area (Å²) in [6.45, 7) is 2.20. The van der Waals surface area contributed by atoms with Crippen LogP contribution in [0.1, 0.15) is 19.0 Å². The van der Waals surface area contributed by atoms with E-state index >= 15 is 0 Å². The molecule has 3 N–H and O–H groups in total. The van der Waals surface area contributed by atoms with Gasteiger partial charge in [-0.1, -0.05) is 0 Å². The number of aliphatic hydroxyl groups excluding tert-OH is 1. The lowest BCUT2D eigenvalue weighted by Crippen LogP contribution is -2.66. The molecule has 0 saturated carbocycles. The number of H-pyrrole nitrogens is 1. The molecule has 2 radical (unpaired) electrons. The average Bonchev–Trinajstić information content (AvgIpc) is 2.86. The van der Waals surface area contributed by atoms with Crippen LogP contribution in [0.25, 0.3) is 0 Å². The minimum absolute atomic E-state index is 0.188. The first-order valence-electron chi connectivity index (χ1n) is 7.22. The van der Waals surface area contributed by atoms with Gasteiger partial charge in [0.1, 0.15) is 6.42 Å². The Labute approximate surface area is 132 Å². The highest BCUT2D eigenvalue weighted by molar-refractivity contribution is 5.69. The summed E-state index contributed by atoms with van der Waals surface area (Å²) in [6, 6.07) is 0. The maximum absolute atomic E-state index is 12.6. The van der Waals surface area contributed by atoms with Crippen molar-refractivity contribution in [3.05, 3.63) is 25.3 Å². The van der Waals surface area contributed by atoms with Crippen LogP contribution in [0.4, 0.5) is 0 Å². The van der Waals surface area contributed by atoms with E-state index in [9.17, 15) is 15.0 Å². The summed E-state index contributed by atoms with van der Waals surface area (Å²) < 4.78 is 0.0222. The van der Waals surface area contributed by atoms with Gasteiger partial charge in [-0.3, -0.25) is 0 Å². The molecule has 2 atom stereocenters. The largest absolute Gasteiger partial charge is 0.363 e. The van der Waals surface area contributed by atoms with Crippen molar-refractivity contribution in [3.63, 3.8) is 0 Å². The molecule has 0 aromatic carbocycles. The molecule has 0 aliphatic carbocycles. The number of rotatable bonds is 7. The van der Waals surface area contributed by atoms with Crippen LogP contribution in [0.5, 0.6) is 0 Å². The molecule has 1 rings (SSSR count). The van der Waals surface area contributed by atoms with Crippen molar-refractivity contribution in [1.29, 1.82) is 0 Å². The Balaban J connectivity index is 2.99. The summed E-state index contributed by atoms with van der Waals surface area (Å²) in [5.74, 6) is -0.247. The molecule has 1 heterocycles. The van der Waals surface area contributed by atoms with Crippen LogP contribution in [-0.4, -0.2) is 81.6 Å². The quantitative estimate of drug-likeness (QED) is 0.479. The van der Waals surface area contributed by atoms with E-state index in [1.54, 1.807) is 13.1 Å². The second kappa shape index (κ2) is 6.45. The highest BCUT2D eigenvalue weighted by Crippen LogP contribution is 2.30. The van der Waals surface area contributed by atoms with E-state index in [1.165, 1.54) is 13.4 Å². The maximum atomic E-state index is 12.6. The van der Waals surface area contributed by atoms with Gasteiger partial charge in [0.25, 0.3) is 0 Å². The molecule has 0 aliphatic rings. The van der Waals surface area contributed by atoms with Crippen molar-refractivity contribution in [3.8, 4) is 0 Å². The summed E-state index contributed by atoms with van der Waals surface area (Å²) in [7, 11) is 13.7. The Kier molecular flexibility index (Phi) is 5.51. The highest BCUT2D eigenvalue weighted by Gasteiger charge is 2.52. The second-order valence-electron chi connectivity index (χ2n) is 7.22. The molecule has 0 aliphatic heterocycles. The lowest BCUT2D eigenvalue weighted by atomic mass is 9.90. The third-order valence-electron chi connectivity index (χ3n) is 4.24. The summed E-state index contributed by atoms with van der Waals surface area (Å²) in [6.07, 6.45) is 1.77. The molecule has 22 heavy (non-hydrogen) atoms. The minimum atomic E-state index is -1.75. The van der Waals surface area contributed by atoms with Crippen LogP contribution in [0, 0.1) is 7.05 Å². The SMILES string of the molecule is [CH][N+](C)(C(=O)CC[N+](C)(C)C)C(C)(Cc1cnc[nH]1)C(O)O. The van der Waals surface area contributed by atoms with E-state index in [-0.39, 0.29) is 18.7 Å². The van der Waals surface area contributed by atoms with E-state index in [0.29, 0.717) is 16.7 Å². The number of quaternary nitrogens is 2. The first-order valence-corrected chi connectivity index (χ1v) is 7.22. The Bertz CT molecular complexity index is 491. The van der Waals surface area contributed by atoms with Crippen molar-refractivity contribution >= 4 is 5.91 Å². The number of likely N-dealkylation sites (N-methyl/N-ethyl adjacent to an activating group) is 1. The maximum Gasteiger partial charge on any atom is 0.320 e. The van der Waals surface area contributed by atoms with Crippen molar-refractivity contribution in [2.45, 2.75) is 31.6 Å². The number of amides is 1. The fourth-order valence-electron chi connectivity index (χ4n) is 2.21. The molecule has 0 bridgehead atoms. The van der Waals surface area contributed by atoms with Crippen molar-refractivity contribution < 1.29 is 24.0 Å². The number of nitrogens with one attached hydrogen (secondary N) is 1. The van der Waals surface area contributed by atoms with Gasteiger partial charge < -0.3 is 19.7 Å². The van der Waals surface area contributed by atoms with Gasteiger partial charge in [-0.05, 0) is 6.92 Å². The molecule has 1 aromatic rings. The number of nitrogens with zero attached hydrogens (tertiary/aromatic N) is 3. The van der Waals surface area contributed by atoms with Crippen LogP contribution in [0.15, 0.2) is 12.5 Å². The lowest BCUT2D eigenvalue weighted by molar-refractivity contribution is -0.877. The van der Waals surface area contributed by atoms with Gasteiger partial charge in [0, 0.05) is 18.3 Å². The summed E-state index contributed by atoms with van der Waals surface area (Å²) in [5, 5.41) is 19.7. The third kappa shape index (κ3) is 4.13. The monoisotopic (exact) mass is 312 g/mol. The molecule has 1 amide bonds. The van der Waals surface area contributed by atoms with Crippen molar-refractivity contribution in [2.75, 3.05) is 34.7 Å². The van der Waals surface area contributed by atoms with Gasteiger partial charge in [-0.15, -0.1) is 0 Å². The Morgan fingerprint density at radius 1 is 1.41 bits per heavy atom. The van der Waals surface area contributed by atoms with Gasteiger partial charge in [0.2, 0.25) is 13.3 Å². The van der Waals surface area contributed by atoms with Crippen LogP contribution in [-0.2, 0) is 11.2 Å². The van der Waals surface area contributed by atoms with E-state index in [2.05, 4.69) is 9.97 Å². The third-order valence-corrected chi connectivity index (χ3v) is 4.24. The molecule has 0 saturated heterocycles. The molecular weight excluding hydrogens is 284 g/mol. The number of hydrogen-bond acceptors (Lipinski definition) is 4. The minimum Gasteiger partial charge on any atom is -0.363 e. The summed E-state index contributed by atoms with van der Waals surface area (Å²) in [4.78, 5) is 19.4. The molecular formula is C15H28N4O3+2. The van der Waals surface area contributed by atoms with Crippen LogP contribution >= 0.6 is 0 Å². The first-order chi connectivity index (χ1) is 9.90. The van der Waals surface area contributed by atoms with Gasteiger partial charge in [-0.25, -0.2) is 14.3 Å². The number of carbonyl (C=O) groups excluding carboxylic acids is 1. The molecule has 0 spiro atoms. The number of carbonyl (C=O) groups is 1. The van der Waals surface area contributed by atoms with E-state index in [4.69, 9.17) is 7.05 Å². The van der Waals surface area contributed by atoms with E-state index < -0.39 is 16.3 Å². The number of aliphatic hydroxyl groups is 2. The Morgan fingerprint density at radius 2 is 2.00 bits per heavy atom. The number of hydrogen-bond donors (Lipinski definition) is 3. The predicted octanol–water partition coefficient (Wildman–Crippen LogP) is -0.240. The lowest BCUT2D eigenvalue weighted by Gasteiger charge is -2.44. The molecule has 1 aromatic heterocycles. The topological polar surface area (TPSA) is 86.2 Å². The summed E-state index contributed by atoms with van der Waals surface area (Å²) in [5.41, 5.74) is -0.598. The van der Waals surface area contributed by atoms with Gasteiger partial charge in [0.05, 0.1) is 41.1 Å². The van der Waals surface area contributed by atoms with Gasteiger partial charge in [-0.2, -0.15) is 0 Å². The zero-order valence-corrected chi connectivity index (χ0v) is 14.1. The molecule has 0 fully saturated rings. The first kappa shape index (κ1) is 18.8. The second-order valence-corrected chi connectivity index (χ2v) is 7.22. The Hall–Kier alpha value is -1.28. The zero-order valence-electron chi connectivity index (χ0n) is 14.1. The molecule has 124 valence electrons. The fourth-order valence-corrected chi connectivity index (χ4v) is 2.21. The summed E-state index contributed by atoms with van der Waals surface area (Å²) >= 11 is 0. The average molecular weight is 312 g/mol. The smallest absolute Gasteiger partial charge is 0.320 e. The number of aromatic nitrogens is 2. The van der Waals surface area contributed by atoms with E-state index in [1.807, 2.05) is 21.1 Å². The van der Waals surface area contributed by atoms with E-state index in [0.717, 1.165) is 0 Å². The normalized spacial score (nSPS) is 15.9. The molecule has 2 unspecified atom stereocenters. The fraction of sp³-hybridized carbons (Fsp3) is 0.667.